The third kappa shape index (κ3) is 3.74. The zero-order valence-corrected chi connectivity index (χ0v) is 12.3. The normalized spacial score (nSPS) is 11.9. The summed E-state index contributed by atoms with van der Waals surface area (Å²) < 4.78 is 10.7. The largest absolute Gasteiger partial charge is 0.467 e. The Hall–Kier alpha value is -2.02. The lowest BCUT2D eigenvalue weighted by Crippen LogP contribution is -2.37. The third-order valence-electron chi connectivity index (χ3n) is 2.55. The molecular formula is C13H13BrN2O4. The SMILES string of the molecule is C[C@@H](NC(=O)CNC(=O)c1ccc(Br)o1)c1ccco1. The lowest BCUT2D eigenvalue weighted by Gasteiger charge is -2.11. The highest BCUT2D eigenvalue weighted by Gasteiger charge is 2.14. The topological polar surface area (TPSA) is 84.5 Å². The van der Waals surface area contributed by atoms with E-state index in [1.54, 1.807) is 25.1 Å². The van der Waals surface area contributed by atoms with E-state index < -0.39 is 5.91 Å². The van der Waals surface area contributed by atoms with Crippen LogP contribution in [-0.4, -0.2) is 18.4 Å². The van der Waals surface area contributed by atoms with Crippen molar-refractivity contribution in [1.29, 1.82) is 0 Å². The molecule has 2 aromatic rings. The van der Waals surface area contributed by atoms with Crippen molar-refractivity contribution < 1.29 is 18.4 Å². The van der Waals surface area contributed by atoms with E-state index in [1.165, 1.54) is 12.3 Å². The molecule has 0 aromatic carbocycles. The van der Waals surface area contributed by atoms with Crippen LogP contribution in [0.15, 0.2) is 44.0 Å². The summed E-state index contributed by atoms with van der Waals surface area (Å²) in [5, 5.41) is 5.17. The molecule has 2 aromatic heterocycles. The van der Waals surface area contributed by atoms with Gasteiger partial charge in [0.15, 0.2) is 10.4 Å². The lowest BCUT2D eigenvalue weighted by molar-refractivity contribution is -0.120. The molecule has 20 heavy (non-hydrogen) atoms. The summed E-state index contributed by atoms with van der Waals surface area (Å²) >= 11 is 3.10. The van der Waals surface area contributed by atoms with Crippen LogP contribution in [0.5, 0.6) is 0 Å². The standard InChI is InChI=1S/C13H13BrN2O4/c1-8(9-3-2-6-19-9)16-12(17)7-15-13(18)10-4-5-11(14)20-10/h2-6,8H,7H2,1H3,(H,15,18)(H,16,17)/t8-/m1/s1. The molecule has 0 unspecified atom stereocenters. The Labute approximate surface area is 123 Å². The zero-order valence-electron chi connectivity index (χ0n) is 10.7. The summed E-state index contributed by atoms with van der Waals surface area (Å²) in [5.74, 6) is 0.0350. The van der Waals surface area contributed by atoms with Crippen LogP contribution in [0.25, 0.3) is 0 Å². The third-order valence-corrected chi connectivity index (χ3v) is 2.98. The molecule has 2 rings (SSSR count). The van der Waals surface area contributed by atoms with Gasteiger partial charge in [-0.2, -0.15) is 0 Å². The molecule has 2 amide bonds. The molecule has 0 radical (unpaired) electrons. The summed E-state index contributed by atoms with van der Waals surface area (Å²) in [5.41, 5.74) is 0. The number of furan rings is 2. The van der Waals surface area contributed by atoms with Crippen LogP contribution >= 0.6 is 15.9 Å². The van der Waals surface area contributed by atoms with E-state index in [2.05, 4.69) is 26.6 Å². The van der Waals surface area contributed by atoms with E-state index in [9.17, 15) is 9.59 Å². The van der Waals surface area contributed by atoms with E-state index in [1.807, 2.05) is 0 Å². The predicted octanol–water partition coefficient (Wildman–Crippen LogP) is 2.24. The number of hydrogen-bond donors (Lipinski definition) is 2. The maximum atomic E-state index is 11.7. The summed E-state index contributed by atoms with van der Waals surface area (Å²) in [6.45, 7) is 1.66. The Balaban J connectivity index is 1.79. The quantitative estimate of drug-likeness (QED) is 0.874. The molecule has 2 heterocycles. The molecule has 0 spiro atoms. The summed E-state index contributed by atoms with van der Waals surface area (Å²) in [7, 11) is 0. The van der Waals surface area contributed by atoms with Crippen LogP contribution in [0.3, 0.4) is 0 Å². The van der Waals surface area contributed by atoms with Crippen LogP contribution < -0.4 is 10.6 Å². The number of carbonyl (C=O) groups is 2. The van der Waals surface area contributed by atoms with Crippen molar-refractivity contribution in [3.63, 3.8) is 0 Å². The minimum atomic E-state index is -0.448. The maximum Gasteiger partial charge on any atom is 0.287 e. The Morgan fingerprint density at radius 2 is 2.15 bits per heavy atom. The van der Waals surface area contributed by atoms with Crippen LogP contribution in [0.4, 0.5) is 0 Å². The smallest absolute Gasteiger partial charge is 0.287 e. The Bertz CT molecular complexity index is 591. The minimum absolute atomic E-state index is 0.137. The van der Waals surface area contributed by atoms with Crippen molar-refractivity contribution in [3.8, 4) is 0 Å². The van der Waals surface area contributed by atoms with Crippen molar-refractivity contribution in [1.82, 2.24) is 10.6 Å². The molecule has 0 bridgehead atoms. The number of nitrogens with one attached hydrogen (secondary N) is 2. The molecule has 6 nitrogen and oxygen atoms in total. The van der Waals surface area contributed by atoms with Gasteiger partial charge in [-0.25, -0.2) is 0 Å². The average molecular weight is 341 g/mol. The summed E-state index contributed by atoms with van der Waals surface area (Å²) in [6, 6.07) is 6.38. The molecule has 0 fully saturated rings. The molecular weight excluding hydrogens is 328 g/mol. The highest BCUT2D eigenvalue weighted by molar-refractivity contribution is 9.10. The van der Waals surface area contributed by atoms with Crippen molar-refractivity contribution in [2.75, 3.05) is 6.54 Å². The highest BCUT2D eigenvalue weighted by atomic mass is 79.9. The van der Waals surface area contributed by atoms with Gasteiger partial charge < -0.3 is 19.5 Å². The van der Waals surface area contributed by atoms with Gasteiger partial charge in [0.1, 0.15) is 5.76 Å². The molecule has 0 saturated carbocycles. The fourth-order valence-electron chi connectivity index (χ4n) is 1.59. The van der Waals surface area contributed by atoms with Gasteiger partial charge in [-0.3, -0.25) is 9.59 Å². The van der Waals surface area contributed by atoms with Crippen molar-refractivity contribution in [2.24, 2.45) is 0 Å². The predicted molar refractivity (Wildman–Crippen MR) is 74.0 cm³/mol. The Morgan fingerprint density at radius 3 is 2.75 bits per heavy atom. The fraction of sp³-hybridized carbons (Fsp3) is 0.231. The molecule has 0 aliphatic heterocycles. The Kier molecular flexibility index (Phi) is 4.62. The highest BCUT2D eigenvalue weighted by Crippen LogP contribution is 2.14. The second-order valence-electron chi connectivity index (χ2n) is 4.09. The first-order chi connectivity index (χ1) is 9.56. The molecule has 7 heteroatoms. The van der Waals surface area contributed by atoms with Crippen LogP contribution in [-0.2, 0) is 4.79 Å². The number of halogens is 1. The summed E-state index contributed by atoms with van der Waals surface area (Å²) in [6.07, 6.45) is 1.54. The summed E-state index contributed by atoms with van der Waals surface area (Å²) in [4.78, 5) is 23.3. The minimum Gasteiger partial charge on any atom is -0.467 e. The van der Waals surface area contributed by atoms with Crippen LogP contribution in [0.2, 0.25) is 0 Å². The first kappa shape index (κ1) is 14.4. The van der Waals surface area contributed by atoms with Crippen LogP contribution in [0, 0.1) is 0 Å². The van der Waals surface area contributed by atoms with Gasteiger partial charge >= 0.3 is 0 Å². The average Bonchev–Trinajstić information content (AvgIpc) is 3.06. The molecule has 0 aliphatic carbocycles. The van der Waals surface area contributed by atoms with E-state index >= 15 is 0 Å². The fourth-order valence-corrected chi connectivity index (χ4v) is 1.89. The van der Waals surface area contributed by atoms with Gasteiger partial charge in [0.2, 0.25) is 5.91 Å². The van der Waals surface area contributed by atoms with Gasteiger partial charge in [0.05, 0.1) is 18.8 Å². The number of amides is 2. The zero-order chi connectivity index (χ0) is 14.5. The van der Waals surface area contributed by atoms with Crippen LogP contribution in [0.1, 0.15) is 29.3 Å². The van der Waals surface area contributed by atoms with Gasteiger partial charge in [-0.15, -0.1) is 0 Å². The van der Waals surface area contributed by atoms with Crippen molar-refractivity contribution in [3.05, 3.63) is 46.7 Å². The molecule has 2 N–H and O–H groups in total. The molecule has 0 aliphatic rings. The van der Waals surface area contributed by atoms with Gasteiger partial charge in [0, 0.05) is 0 Å². The van der Waals surface area contributed by atoms with E-state index in [4.69, 9.17) is 8.83 Å². The Morgan fingerprint density at radius 1 is 1.35 bits per heavy atom. The number of hydrogen-bond acceptors (Lipinski definition) is 4. The number of rotatable bonds is 5. The first-order valence-corrected chi connectivity index (χ1v) is 6.72. The maximum absolute atomic E-state index is 11.7. The van der Waals surface area contributed by atoms with E-state index in [0.717, 1.165) is 0 Å². The van der Waals surface area contributed by atoms with Gasteiger partial charge in [-0.1, -0.05) is 0 Å². The second kappa shape index (κ2) is 6.42. The van der Waals surface area contributed by atoms with Crippen molar-refractivity contribution >= 4 is 27.7 Å². The number of carbonyl (C=O) groups excluding carboxylic acids is 2. The van der Waals surface area contributed by atoms with Crippen molar-refractivity contribution in [2.45, 2.75) is 13.0 Å². The monoisotopic (exact) mass is 340 g/mol. The van der Waals surface area contributed by atoms with Gasteiger partial charge in [-0.05, 0) is 47.1 Å². The molecule has 106 valence electrons. The van der Waals surface area contributed by atoms with E-state index in [-0.39, 0.29) is 24.3 Å². The first-order valence-electron chi connectivity index (χ1n) is 5.92. The molecule has 1 atom stereocenters. The van der Waals surface area contributed by atoms with E-state index in [0.29, 0.717) is 10.4 Å². The molecule has 0 saturated heterocycles. The second-order valence-corrected chi connectivity index (χ2v) is 4.87. The lowest BCUT2D eigenvalue weighted by atomic mass is 10.2. The van der Waals surface area contributed by atoms with Gasteiger partial charge in [0.25, 0.3) is 5.91 Å².